The van der Waals surface area contributed by atoms with Crippen molar-refractivity contribution in [1.82, 2.24) is 14.8 Å². The van der Waals surface area contributed by atoms with E-state index in [4.69, 9.17) is 24.8 Å². The van der Waals surface area contributed by atoms with Gasteiger partial charge >= 0.3 is 17.9 Å². The Hall–Kier alpha value is -3.80. The maximum Gasteiger partial charge on any atom is 0.336 e. The van der Waals surface area contributed by atoms with Gasteiger partial charge in [0, 0.05) is 24.7 Å². The Balaban J connectivity index is 0.000000317. The highest BCUT2D eigenvalue weighted by Crippen LogP contribution is 2.17. The van der Waals surface area contributed by atoms with Gasteiger partial charge in [0.1, 0.15) is 5.76 Å². The van der Waals surface area contributed by atoms with Crippen LogP contribution in [0, 0.1) is 0 Å². The van der Waals surface area contributed by atoms with Crippen LogP contribution in [0.1, 0.15) is 30.6 Å². The largest absolute Gasteiger partial charge is 0.481 e. The molecule has 0 aliphatic heterocycles. The summed E-state index contributed by atoms with van der Waals surface area (Å²) in [5.74, 6) is -4.00. The molecule has 1 aromatic carbocycles. The molecule has 0 atom stereocenters. The van der Waals surface area contributed by atoms with Crippen LogP contribution >= 0.6 is 0 Å². The van der Waals surface area contributed by atoms with Crippen LogP contribution < -0.4 is 0 Å². The molecule has 0 radical (unpaired) electrons. The van der Waals surface area contributed by atoms with Crippen molar-refractivity contribution < 1.29 is 39.2 Å². The lowest BCUT2D eigenvalue weighted by atomic mass is 9.96. The van der Waals surface area contributed by atoms with Crippen molar-refractivity contribution in [3.05, 3.63) is 66.2 Å². The fourth-order valence-electron chi connectivity index (χ4n) is 3.64. The summed E-state index contributed by atoms with van der Waals surface area (Å²) in [4.78, 5) is 39.6. The molecule has 3 aromatic rings. The molecular formula is C26H33N3O8. The molecule has 37 heavy (non-hydrogen) atoms. The van der Waals surface area contributed by atoms with Crippen molar-refractivity contribution >= 4 is 28.8 Å². The molecule has 0 bridgehead atoms. The van der Waals surface area contributed by atoms with Gasteiger partial charge in [-0.05, 0) is 63.0 Å². The Morgan fingerprint density at radius 2 is 1.65 bits per heavy atom. The van der Waals surface area contributed by atoms with Crippen LogP contribution in [0.25, 0.3) is 10.9 Å². The maximum atomic E-state index is 10.3. The Kier molecular flexibility index (Phi) is 11.2. The Labute approximate surface area is 214 Å². The number of hydrogen-bond donors (Lipinski definition) is 4. The number of carboxylic acids is 3. The summed E-state index contributed by atoms with van der Waals surface area (Å²) < 4.78 is 5.54. The molecule has 3 rings (SSSR count). The van der Waals surface area contributed by atoms with E-state index < -0.39 is 36.4 Å². The lowest BCUT2D eigenvalue weighted by Gasteiger charge is -2.22. The van der Waals surface area contributed by atoms with Gasteiger partial charge in [0.15, 0.2) is 5.60 Å². The van der Waals surface area contributed by atoms with Crippen molar-refractivity contribution in [2.24, 2.45) is 0 Å². The molecule has 2 aromatic heterocycles. The van der Waals surface area contributed by atoms with Crippen molar-refractivity contribution in [3.8, 4) is 0 Å². The zero-order valence-electron chi connectivity index (χ0n) is 20.9. The second-order valence-corrected chi connectivity index (χ2v) is 8.96. The third-order valence-electron chi connectivity index (χ3n) is 5.40. The molecular weight excluding hydrogens is 482 g/mol. The van der Waals surface area contributed by atoms with E-state index in [0.29, 0.717) is 0 Å². The predicted molar refractivity (Wildman–Crippen MR) is 135 cm³/mol. The van der Waals surface area contributed by atoms with Gasteiger partial charge in [-0.25, -0.2) is 4.79 Å². The minimum atomic E-state index is -2.74. The van der Waals surface area contributed by atoms with Crippen LogP contribution in [0.15, 0.2) is 59.3 Å². The van der Waals surface area contributed by atoms with Crippen molar-refractivity contribution in [1.29, 1.82) is 0 Å². The molecule has 11 heteroatoms. The van der Waals surface area contributed by atoms with E-state index in [-0.39, 0.29) is 0 Å². The van der Waals surface area contributed by atoms with E-state index in [0.717, 1.165) is 43.9 Å². The molecule has 200 valence electrons. The van der Waals surface area contributed by atoms with Gasteiger partial charge < -0.3 is 29.7 Å². The highest BCUT2D eigenvalue weighted by atomic mass is 16.4. The molecule has 0 saturated carbocycles. The summed E-state index contributed by atoms with van der Waals surface area (Å²) in [5.41, 5.74) is -0.379. The van der Waals surface area contributed by atoms with Crippen LogP contribution in [-0.4, -0.2) is 85.9 Å². The highest BCUT2D eigenvalue weighted by Gasteiger charge is 2.40. The van der Waals surface area contributed by atoms with Gasteiger partial charge in [-0.3, -0.25) is 19.5 Å². The number of carboxylic acid groups (broad SMARTS) is 3. The van der Waals surface area contributed by atoms with E-state index in [1.807, 2.05) is 24.4 Å². The SMILES string of the molecule is CN(C)CCCN(Cc1ccc2ncccc2c1)Cc1ccco1.O=C(O)CC(O)(CC(=O)O)C(=O)O. The number of fused-ring (bicyclic) bond motifs is 1. The fraction of sp³-hybridized carbons (Fsp3) is 0.385. The average Bonchev–Trinajstić information content (AvgIpc) is 3.31. The topological polar surface area (TPSA) is 165 Å². The molecule has 0 unspecified atom stereocenters. The normalized spacial score (nSPS) is 11.4. The van der Waals surface area contributed by atoms with Crippen molar-refractivity contribution in [2.75, 3.05) is 27.2 Å². The molecule has 0 fully saturated rings. The van der Waals surface area contributed by atoms with E-state index in [9.17, 15) is 14.4 Å². The number of hydrogen-bond acceptors (Lipinski definition) is 8. The average molecular weight is 516 g/mol. The molecule has 0 saturated heterocycles. The van der Waals surface area contributed by atoms with Gasteiger partial charge in [0.25, 0.3) is 0 Å². The summed E-state index contributed by atoms with van der Waals surface area (Å²) in [7, 11) is 4.24. The summed E-state index contributed by atoms with van der Waals surface area (Å²) in [5, 5.41) is 35.0. The lowest BCUT2D eigenvalue weighted by Crippen LogP contribution is -2.42. The fourth-order valence-corrected chi connectivity index (χ4v) is 3.64. The zero-order chi connectivity index (χ0) is 27.4. The van der Waals surface area contributed by atoms with Crippen LogP contribution in [0.3, 0.4) is 0 Å². The monoisotopic (exact) mass is 515 g/mol. The summed E-state index contributed by atoms with van der Waals surface area (Å²) >= 11 is 0. The Morgan fingerprint density at radius 3 is 2.22 bits per heavy atom. The van der Waals surface area contributed by atoms with Gasteiger partial charge in [0.05, 0.1) is 31.2 Å². The molecule has 11 nitrogen and oxygen atoms in total. The number of pyridine rings is 1. The van der Waals surface area contributed by atoms with Gasteiger partial charge in [-0.2, -0.15) is 0 Å². The van der Waals surface area contributed by atoms with E-state index in [1.54, 1.807) is 6.26 Å². The third kappa shape index (κ3) is 10.4. The van der Waals surface area contributed by atoms with Crippen LogP contribution in [0.4, 0.5) is 0 Å². The lowest BCUT2D eigenvalue weighted by molar-refractivity contribution is -0.170. The quantitative estimate of drug-likeness (QED) is 0.264. The summed E-state index contributed by atoms with van der Waals surface area (Å²) in [6, 6.07) is 14.6. The first-order valence-electron chi connectivity index (χ1n) is 11.6. The first kappa shape index (κ1) is 29.4. The molecule has 2 heterocycles. The summed E-state index contributed by atoms with van der Waals surface area (Å²) in [6.45, 7) is 3.89. The number of benzene rings is 1. The first-order chi connectivity index (χ1) is 17.5. The Bertz CT molecular complexity index is 1150. The minimum Gasteiger partial charge on any atom is -0.481 e. The Morgan fingerprint density at radius 1 is 0.946 bits per heavy atom. The number of furan rings is 1. The van der Waals surface area contributed by atoms with E-state index in [1.165, 1.54) is 10.9 Å². The number of rotatable bonds is 13. The molecule has 0 aliphatic rings. The van der Waals surface area contributed by atoms with Crippen LogP contribution in [-0.2, 0) is 27.5 Å². The summed E-state index contributed by atoms with van der Waals surface area (Å²) in [6.07, 6.45) is 2.44. The van der Waals surface area contributed by atoms with Crippen molar-refractivity contribution in [3.63, 3.8) is 0 Å². The first-order valence-corrected chi connectivity index (χ1v) is 11.6. The van der Waals surface area contributed by atoms with Crippen LogP contribution in [0.5, 0.6) is 0 Å². The maximum absolute atomic E-state index is 10.3. The number of carbonyl (C=O) groups is 3. The second kappa shape index (κ2) is 14.1. The van der Waals surface area contributed by atoms with E-state index in [2.05, 4.69) is 53.1 Å². The number of nitrogens with zero attached hydrogens (tertiary/aromatic N) is 3. The molecule has 0 amide bonds. The minimum absolute atomic E-state index is 0.839. The van der Waals surface area contributed by atoms with Gasteiger partial charge in [0.2, 0.25) is 0 Å². The molecule has 4 N–H and O–H groups in total. The van der Waals surface area contributed by atoms with Gasteiger partial charge in [-0.15, -0.1) is 0 Å². The number of aliphatic hydroxyl groups is 1. The van der Waals surface area contributed by atoms with Crippen molar-refractivity contribution in [2.45, 2.75) is 38.0 Å². The van der Waals surface area contributed by atoms with E-state index >= 15 is 0 Å². The third-order valence-corrected chi connectivity index (χ3v) is 5.40. The number of aliphatic carboxylic acids is 3. The standard InChI is InChI=1S/C20H25N3O.C6H8O7/c1-22(2)11-5-12-23(16-19-7-4-13-24-19)15-17-8-9-20-18(14-17)6-3-10-21-20;7-3(8)1-6(13,5(11)12)2-4(9)10/h3-4,6-10,13-14H,5,11-12,15-16H2,1-2H3;13H,1-2H2,(H,7,8)(H,9,10)(H,11,12). The second-order valence-electron chi connectivity index (χ2n) is 8.96. The van der Waals surface area contributed by atoms with Crippen LogP contribution in [0.2, 0.25) is 0 Å². The van der Waals surface area contributed by atoms with Gasteiger partial charge in [-0.1, -0.05) is 12.1 Å². The predicted octanol–water partition coefficient (Wildman–Crippen LogP) is 2.53. The zero-order valence-corrected chi connectivity index (χ0v) is 20.9. The smallest absolute Gasteiger partial charge is 0.336 e. The number of aromatic nitrogens is 1. The molecule has 0 spiro atoms. The highest BCUT2D eigenvalue weighted by molar-refractivity contribution is 5.88. The molecule has 0 aliphatic carbocycles.